The summed E-state index contributed by atoms with van der Waals surface area (Å²) in [6.07, 6.45) is 1.98. The SMILES string of the molecule is C=CCN1C(=O)N[C@@H](c2ccc(C)cc2)C2=C1CN([C@@H](Cc1ccccc1)C(=O)NCCOC)C2=O. The second-order valence-electron chi connectivity index (χ2n) is 8.98. The standard InChI is InChI=1S/C28H32N4O4/c1-4-15-31-23-18-32(22(26(33)29-14-16-36-3)17-20-8-6-5-7-9-20)27(34)24(23)25(30-28(31)35)21-12-10-19(2)11-13-21/h4-13,22,25H,1,14-18H2,2-3H3,(H,29,33)(H,30,35)/t22-,25-/m0/s1. The normalized spacial score (nSPS) is 18.1. The van der Waals surface area contributed by atoms with Gasteiger partial charge < -0.3 is 20.3 Å². The van der Waals surface area contributed by atoms with Crippen LogP contribution in [0.2, 0.25) is 0 Å². The van der Waals surface area contributed by atoms with Crippen molar-refractivity contribution in [2.24, 2.45) is 0 Å². The van der Waals surface area contributed by atoms with Crippen LogP contribution in [0.25, 0.3) is 0 Å². The topological polar surface area (TPSA) is 91.0 Å². The van der Waals surface area contributed by atoms with Gasteiger partial charge in [-0.1, -0.05) is 66.2 Å². The lowest BCUT2D eigenvalue weighted by Gasteiger charge is -2.33. The highest BCUT2D eigenvalue weighted by Crippen LogP contribution is 2.37. The highest BCUT2D eigenvalue weighted by Gasteiger charge is 2.46. The Morgan fingerprint density at radius 2 is 1.92 bits per heavy atom. The molecule has 0 saturated carbocycles. The summed E-state index contributed by atoms with van der Waals surface area (Å²) in [6.45, 7) is 6.88. The molecule has 0 fully saturated rings. The van der Waals surface area contributed by atoms with Crippen molar-refractivity contribution in [2.75, 3.05) is 33.4 Å². The van der Waals surface area contributed by atoms with E-state index in [2.05, 4.69) is 17.2 Å². The summed E-state index contributed by atoms with van der Waals surface area (Å²) in [4.78, 5) is 43.5. The molecule has 0 bridgehead atoms. The number of urea groups is 1. The maximum absolute atomic E-state index is 14.0. The van der Waals surface area contributed by atoms with Crippen molar-refractivity contribution in [1.29, 1.82) is 0 Å². The van der Waals surface area contributed by atoms with Crippen molar-refractivity contribution in [3.8, 4) is 0 Å². The Morgan fingerprint density at radius 1 is 1.19 bits per heavy atom. The van der Waals surface area contributed by atoms with E-state index in [-0.39, 0.29) is 30.9 Å². The van der Waals surface area contributed by atoms with Crippen LogP contribution in [0.4, 0.5) is 4.79 Å². The average Bonchev–Trinajstić information content (AvgIpc) is 3.22. The lowest BCUT2D eigenvalue weighted by molar-refractivity contribution is -0.136. The molecule has 2 aromatic rings. The van der Waals surface area contributed by atoms with Crippen molar-refractivity contribution in [1.82, 2.24) is 20.4 Å². The Balaban J connectivity index is 1.70. The largest absolute Gasteiger partial charge is 0.383 e. The van der Waals surface area contributed by atoms with E-state index in [0.29, 0.717) is 30.8 Å². The molecule has 2 aromatic carbocycles. The molecule has 0 aliphatic carbocycles. The van der Waals surface area contributed by atoms with E-state index in [9.17, 15) is 14.4 Å². The van der Waals surface area contributed by atoms with Gasteiger partial charge in [-0.3, -0.25) is 14.5 Å². The quantitative estimate of drug-likeness (QED) is 0.398. The number of methoxy groups -OCH3 is 1. The van der Waals surface area contributed by atoms with Crippen LogP contribution in [0.5, 0.6) is 0 Å². The Morgan fingerprint density at radius 3 is 2.58 bits per heavy atom. The molecule has 2 N–H and O–H groups in total. The van der Waals surface area contributed by atoms with Crippen LogP contribution < -0.4 is 10.6 Å². The third-order valence-corrected chi connectivity index (χ3v) is 6.53. The summed E-state index contributed by atoms with van der Waals surface area (Å²) < 4.78 is 5.07. The molecule has 2 heterocycles. The lowest BCUT2D eigenvalue weighted by atomic mass is 9.94. The number of rotatable bonds is 10. The first kappa shape index (κ1) is 25.2. The Hall–Kier alpha value is -3.91. The van der Waals surface area contributed by atoms with Crippen LogP contribution in [0.3, 0.4) is 0 Å². The first-order valence-corrected chi connectivity index (χ1v) is 12.0. The van der Waals surface area contributed by atoms with Crippen molar-refractivity contribution >= 4 is 17.8 Å². The van der Waals surface area contributed by atoms with Gasteiger partial charge in [-0.25, -0.2) is 4.79 Å². The molecule has 8 heteroatoms. The van der Waals surface area contributed by atoms with E-state index in [1.165, 1.54) is 4.90 Å². The van der Waals surface area contributed by atoms with Gasteiger partial charge in [-0.15, -0.1) is 6.58 Å². The van der Waals surface area contributed by atoms with Gasteiger partial charge in [0.15, 0.2) is 0 Å². The number of ether oxygens (including phenoxy) is 1. The number of nitrogens with zero attached hydrogens (tertiary/aromatic N) is 2. The summed E-state index contributed by atoms with van der Waals surface area (Å²) in [6, 6.07) is 15.7. The Kier molecular flexibility index (Phi) is 7.85. The smallest absolute Gasteiger partial charge is 0.322 e. The van der Waals surface area contributed by atoms with Crippen LogP contribution >= 0.6 is 0 Å². The average molecular weight is 489 g/mol. The van der Waals surface area contributed by atoms with Crippen LogP contribution in [-0.2, 0) is 20.7 Å². The van der Waals surface area contributed by atoms with Gasteiger partial charge in [0.25, 0.3) is 5.91 Å². The highest BCUT2D eigenvalue weighted by atomic mass is 16.5. The monoisotopic (exact) mass is 488 g/mol. The molecule has 0 spiro atoms. The Bertz CT molecular complexity index is 1160. The van der Waals surface area contributed by atoms with Gasteiger partial charge in [0.1, 0.15) is 6.04 Å². The summed E-state index contributed by atoms with van der Waals surface area (Å²) in [5, 5.41) is 5.87. The number of hydrogen-bond donors (Lipinski definition) is 2. The zero-order valence-electron chi connectivity index (χ0n) is 20.7. The fourth-order valence-corrected chi connectivity index (χ4v) is 4.67. The first-order chi connectivity index (χ1) is 17.4. The van der Waals surface area contributed by atoms with Gasteiger partial charge in [0, 0.05) is 26.6 Å². The lowest BCUT2D eigenvalue weighted by Crippen LogP contribution is -2.50. The molecule has 8 nitrogen and oxygen atoms in total. The zero-order valence-corrected chi connectivity index (χ0v) is 20.7. The maximum Gasteiger partial charge on any atom is 0.322 e. The molecule has 4 amide bonds. The fourth-order valence-electron chi connectivity index (χ4n) is 4.67. The molecule has 36 heavy (non-hydrogen) atoms. The van der Waals surface area contributed by atoms with Crippen LogP contribution in [0.1, 0.15) is 22.7 Å². The third-order valence-electron chi connectivity index (χ3n) is 6.53. The van der Waals surface area contributed by atoms with E-state index in [0.717, 1.165) is 16.7 Å². The van der Waals surface area contributed by atoms with Gasteiger partial charge in [0.2, 0.25) is 5.91 Å². The van der Waals surface area contributed by atoms with E-state index >= 15 is 0 Å². The molecule has 0 aromatic heterocycles. The van der Waals surface area contributed by atoms with E-state index in [1.54, 1.807) is 18.1 Å². The number of hydrogen-bond acceptors (Lipinski definition) is 4. The minimum absolute atomic E-state index is 0.160. The maximum atomic E-state index is 14.0. The number of benzene rings is 2. The third kappa shape index (κ3) is 5.18. The summed E-state index contributed by atoms with van der Waals surface area (Å²) in [7, 11) is 1.57. The van der Waals surface area contributed by atoms with Gasteiger partial charge in [-0.05, 0) is 18.1 Å². The van der Waals surface area contributed by atoms with E-state index in [4.69, 9.17) is 4.74 Å². The number of carbonyl (C=O) groups excluding carboxylic acids is 3. The molecule has 2 aliphatic rings. The number of amides is 4. The van der Waals surface area contributed by atoms with Crippen molar-refractivity contribution < 1.29 is 19.1 Å². The van der Waals surface area contributed by atoms with Crippen molar-refractivity contribution in [2.45, 2.75) is 25.4 Å². The minimum Gasteiger partial charge on any atom is -0.383 e. The molecular weight excluding hydrogens is 456 g/mol. The summed E-state index contributed by atoms with van der Waals surface area (Å²) in [5.74, 6) is -0.516. The minimum atomic E-state index is -0.748. The molecule has 2 atom stereocenters. The molecular formula is C28H32N4O4. The van der Waals surface area contributed by atoms with E-state index in [1.807, 2.05) is 61.5 Å². The van der Waals surface area contributed by atoms with Crippen molar-refractivity contribution in [3.63, 3.8) is 0 Å². The van der Waals surface area contributed by atoms with Crippen molar-refractivity contribution in [3.05, 3.63) is 95.2 Å². The van der Waals surface area contributed by atoms with Gasteiger partial charge in [0.05, 0.1) is 30.5 Å². The molecule has 0 saturated heterocycles. The predicted octanol–water partition coefficient (Wildman–Crippen LogP) is 2.72. The fraction of sp³-hybridized carbons (Fsp3) is 0.321. The summed E-state index contributed by atoms with van der Waals surface area (Å²) >= 11 is 0. The first-order valence-electron chi connectivity index (χ1n) is 12.0. The number of nitrogens with one attached hydrogen (secondary N) is 2. The number of carbonyl (C=O) groups is 3. The molecule has 0 radical (unpaired) electrons. The van der Waals surface area contributed by atoms with Gasteiger partial charge >= 0.3 is 6.03 Å². The summed E-state index contributed by atoms with van der Waals surface area (Å²) in [5.41, 5.74) is 3.94. The van der Waals surface area contributed by atoms with E-state index < -0.39 is 12.1 Å². The number of aryl methyl sites for hydroxylation is 1. The second kappa shape index (κ2) is 11.2. The second-order valence-corrected chi connectivity index (χ2v) is 8.98. The zero-order chi connectivity index (χ0) is 25.7. The predicted molar refractivity (Wildman–Crippen MR) is 137 cm³/mol. The molecule has 4 rings (SSSR count). The van der Waals surface area contributed by atoms with Crippen LogP contribution in [0, 0.1) is 6.92 Å². The van der Waals surface area contributed by atoms with Gasteiger partial charge in [-0.2, -0.15) is 0 Å². The van der Waals surface area contributed by atoms with Crippen LogP contribution in [0.15, 0.2) is 78.5 Å². The molecule has 2 aliphatic heterocycles. The molecule has 0 unspecified atom stereocenters. The molecule has 188 valence electrons. The van der Waals surface area contributed by atoms with Crippen LogP contribution in [-0.4, -0.2) is 67.0 Å². The highest BCUT2D eigenvalue weighted by molar-refractivity contribution is 6.03. The Labute approximate surface area is 211 Å².